The number of thioether (sulfide) groups is 1. The van der Waals surface area contributed by atoms with Crippen LogP contribution in [0.25, 0.3) is 0 Å². The molecule has 2 N–H and O–H groups in total. The van der Waals surface area contributed by atoms with Crippen molar-refractivity contribution in [1.29, 1.82) is 0 Å². The lowest BCUT2D eigenvalue weighted by Gasteiger charge is -2.14. The Morgan fingerprint density at radius 2 is 1.67 bits per heavy atom. The standard InChI is InChI=1S/C16H19N3S2/c1-19(2)14-9-7-12(8-10-14)17-16(20)18-13-5-4-6-15(11-13)21-3/h4-11H,1-3H3,(H2,17,18,20). The van der Waals surface area contributed by atoms with Crippen molar-refractivity contribution in [3.05, 3.63) is 48.5 Å². The van der Waals surface area contributed by atoms with Crippen LogP contribution < -0.4 is 15.5 Å². The summed E-state index contributed by atoms with van der Waals surface area (Å²) in [6.07, 6.45) is 2.06. The minimum Gasteiger partial charge on any atom is -0.378 e. The molecule has 21 heavy (non-hydrogen) atoms. The van der Waals surface area contributed by atoms with Crippen LogP contribution in [0.4, 0.5) is 17.1 Å². The van der Waals surface area contributed by atoms with Crippen LogP contribution in [0.5, 0.6) is 0 Å². The van der Waals surface area contributed by atoms with Gasteiger partial charge in [0.15, 0.2) is 5.11 Å². The Labute approximate surface area is 135 Å². The fraction of sp³-hybridized carbons (Fsp3) is 0.188. The van der Waals surface area contributed by atoms with Gasteiger partial charge in [0.05, 0.1) is 0 Å². The highest BCUT2D eigenvalue weighted by atomic mass is 32.2. The summed E-state index contributed by atoms with van der Waals surface area (Å²) in [5.74, 6) is 0. The normalized spacial score (nSPS) is 10.0. The number of hydrogen-bond donors (Lipinski definition) is 2. The van der Waals surface area contributed by atoms with Crippen molar-refractivity contribution in [2.75, 3.05) is 35.9 Å². The molecule has 0 aliphatic carbocycles. The molecule has 110 valence electrons. The highest BCUT2D eigenvalue weighted by Crippen LogP contribution is 2.20. The molecule has 0 bridgehead atoms. The maximum absolute atomic E-state index is 5.34. The van der Waals surface area contributed by atoms with Crippen molar-refractivity contribution in [2.45, 2.75) is 4.90 Å². The van der Waals surface area contributed by atoms with Gasteiger partial charge in [0.25, 0.3) is 0 Å². The molecule has 0 unspecified atom stereocenters. The summed E-state index contributed by atoms with van der Waals surface area (Å²) in [5, 5.41) is 6.98. The third-order valence-corrected chi connectivity index (χ3v) is 3.90. The van der Waals surface area contributed by atoms with E-state index in [1.165, 1.54) is 4.90 Å². The van der Waals surface area contributed by atoms with E-state index in [1.807, 2.05) is 38.4 Å². The van der Waals surface area contributed by atoms with Crippen LogP contribution in [-0.4, -0.2) is 25.5 Å². The maximum atomic E-state index is 5.34. The molecule has 0 saturated heterocycles. The van der Waals surface area contributed by atoms with Crippen LogP contribution in [-0.2, 0) is 0 Å². The SMILES string of the molecule is CSc1cccc(NC(=S)Nc2ccc(N(C)C)cc2)c1. The summed E-state index contributed by atoms with van der Waals surface area (Å²) in [5.41, 5.74) is 3.12. The van der Waals surface area contributed by atoms with E-state index in [0.717, 1.165) is 17.1 Å². The van der Waals surface area contributed by atoms with Gasteiger partial charge in [-0.3, -0.25) is 0 Å². The minimum absolute atomic E-state index is 0.589. The maximum Gasteiger partial charge on any atom is 0.175 e. The van der Waals surface area contributed by atoms with Gasteiger partial charge in [0, 0.05) is 36.1 Å². The molecular weight excluding hydrogens is 298 g/mol. The molecule has 5 heteroatoms. The Morgan fingerprint density at radius 1 is 1.00 bits per heavy atom. The van der Waals surface area contributed by atoms with Crippen LogP contribution in [0.15, 0.2) is 53.4 Å². The molecule has 0 aliphatic rings. The number of nitrogens with one attached hydrogen (secondary N) is 2. The largest absolute Gasteiger partial charge is 0.378 e. The average Bonchev–Trinajstić information content (AvgIpc) is 2.47. The third-order valence-electron chi connectivity index (χ3n) is 2.97. The Morgan fingerprint density at radius 3 is 2.29 bits per heavy atom. The zero-order valence-corrected chi connectivity index (χ0v) is 14.0. The second kappa shape index (κ2) is 7.33. The minimum atomic E-state index is 0.589. The molecule has 0 fully saturated rings. The molecular formula is C16H19N3S2. The van der Waals surface area contributed by atoms with Crippen LogP contribution in [0, 0.1) is 0 Å². The van der Waals surface area contributed by atoms with Gasteiger partial charge in [-0.15, -0.1) is 11.8 Å². The number of rotatable bonds is 4. The van der Waals surface area contributed by atoms with E-state index in [4.69, 9.17) is 12.2 Å². The van der Waals surface area contributed by atoms with Crippen molar-refractivity contribution in [2.24, 2.45) is 0 Å². The zero-order valence-electron chi connectivity index (χ0n) is 12.4. The van der Waals surface area contributed by atoms with Gasteiger partial charge in [0.1, 0.15) is 0 Å². The van der Waals surface area contributed by atoms with E-state index in [0.29, 0.717) is 5.11 Å². The van der Waals surface area contributed by atoms with Crippen molar-refractivity contribution < 1.29 is 0 Å². The van der Waals surface area contributed by atoms with Gasteiger partial charge in [-0.2, -0.15) is 0 Å². The molecule has 2 aromatic rings. The van der Waals surface area contributed by atoms with Gasteiger partial charge >= 0.3 is 0 Å². The second-order valence-corrected chi connectivity index (χ2v) is 6.04. The first-order chi connectivity index (χ1) is 10.1. The quantitative estimate of drug-likeness (QED) is 0.648. The van der Waals surface area contributed by atoms with Crippen molar-refractivity contribution in [3.8, 4) is 0 Å². The topological polar surface area (TPSA) is 27.3 Å². The fourth-order valence-corrected chi connectivity index (χ4v) is 2.53. The van der Waals surface area contributed by atoms with Crippen LogP contribution in [0.1, 0.15) is 0 Å². The Bertz CT molecular complexity index is 609. The number of benzene rings is 2. The summed E-state index contributed by atoms with van der Waals surface area (Å²) in [7, 11) is 4.04. The summed E-state index contributed by atoms with van der Waals surface area (Å²) in [6, 6.07) is 16.3. The Hall–Kier alpha value is -1.72. The predicted octanol–water partition coefficient (Wildman–Crippen LogP) is 4.28. The van der Waals surface area contributed by atoms with Crippen molar-refractivity contribution in [3.63, 3.8) is 0 Å². The Balaban J connectivity index is 1.97. The highest BCUT2D eigenvalue weighted by Gasteiger charge is 2.01. The molecule has 0 saturated carbocycles. The molecule has 0 amide bonds. The van der Waals surface area contributed by atoms with E-state index in [-0.39, 0.29) is 0 Å². The smallest absolute Gasteiger partial charge is 0.175 e. The first-order valence-corrected chi connectivity index (χ1v) is 8.21. The van der Waals surface area contributed by atoms with Crippen molar-refractivity contribution in [1.82, 2.24) is 0 Å². The number of nitrogens with zero attached hydrogens (tertiary/aromatic N) is 1. The van der Waals surface area contributed by atoms with Crippen LogP contribution >= 0.6 is 24.0 Å². The van der Waals surface area contributed by atoms with Gasteiger partial charge in [0.2, 0.25) is 0 Å². The van der Waals surface area contributed by atoms with E-state index >= 15 is 0 Å². The van der Waals surface area contributed by atoms with E-state index < -0.39 is 0 Å². The average molecular weight is 317 g/mol. The van der Waals surface area contributed by atoms with Gasteiger partial charge in [-0.05, 0) is 60.9 Å². The van der Waals surface area contributed by atoms with Gasteiger partial charge in [-0.1, -0.05) is 6.07 Å². The molecule has 0 radical (unpaired) electrons. The van der Waals surface area contributed by atoms with E-state index in [2.05, 4.69) is 46.1 Å². The molecule has 2 aromatic carbocycles. The number of anilines is 3. The summed E-state index contributed by atoms with van der Waals surface area (Å²) >= 11 is 7.05. The monoisotopic (exact) mass is 317 g/mol. The van der Waals surface area contributed by atoms with Gasteiger partial charge in [-0.25, -0.2) is 0 Å². The summed E-state index contributed by atoms with van der Waals surface area (Å²) in [4.78, 5) is 3.27. The lowest BCUT2D eigenvalue weighted by molar-refractivity contribution is 1.13. The molecule has 0 atom stereocenters. The number of hydrogen-bond acceptors (Lipinski definition) is 3. The van der Waals surface area contributed by atoms with Crippen LogP contribution in [0.3, 0.4) is 0 Å². The molecule has 0 spiro atoms. The predicted molar refractivity (Wildman–Crippen MR) is 98.8 cm³/mol. The molecule has 0 aliphatic heterocycles. The first-order valence-electron chi connectivity index (χ1n) is 6.58. The molecule has 2 rings (SSSR count). The van der Waals surface area contributed by atoms with E-state index in [1.54, 1.807) is 11.8 Å². The fourth-order valence-electron chi connectivity index (χ4n) is 1.84. The molecule has 0 heterocycles. The molecule has 3 nitrogen and oxygen atoms in total. The second-order valence-electron chi connectivity index (χ2n) is 4.75. The van der Waals surface area contributed by atoms with Crippen LogP contribution in [0.2, 0.25) is 0 Å². The molecule has 0 aromatic heterocycles. The lowest BCUT2D eigenvalue weighted by Crippen LogP contribution is -2.19. The van der Waals surface area contributed by atoms with E-state index in [9.17, 15) is 0 Å². The summed E-state index contributed by atoms with van der Waals surface area (Å²) < 4.78 is 0. The van der Waals surface area contributed by atoms with Gasteiger partial charge < -0.3 is 15.5 Å². The first kappa shape index (κ1) is 15.7. The highest BCUT2D eigenvalue weighted by molar-refractivity contribution is 7.98. The summed E-state index contributed by atoms with van der Waals surface area (Å²) in [6.45, 7) is 0. The Kier molecular flexibility index (Phi) is 5.47. The third kappa shape index (κ3) is 4.65. The lowest BCUT2D eigenvalue weighted by atomic mass is 10.2. The number of thiocarbonyl (C=S) groups is 1. The van der Waals surface area contributed by atoms with Crippen molar-refractivity contribution >= 4 is 46.2 Å². The zero-order chi connectivity index (χ0) is 15.2.